The van der Waals surface area contributed by atoms with Gasteiger partial charge in [-0.3, -0.25) is 0 Å². The van der Waals surface area contributed by atoms with Gasteiger partial charge in [-0.05, 0) is 81.4 Å². The minimum absolute atomic E-state index is 0.0159. The van der Waals surface area contributed by atoms with E-state index in [0.717, 1.165) is 15.7 Å². The summed E-state index contributed by atoms with van der Waals surface area (Å²) in [6.45, 7) is 0. The first kappa shape index (κ1) is 21.0. The van der Waals surface area contributed by atoms with Gasteiger partial charge < -0.3 is 8.98 Å². The summed E-state index contributed by atoms with van der Waals surface area (Å²) in [6, 6.07) is 20.2. The molecule has 0 bridgehead atoms. The first-order chi connectivity index (χ1) is 36.8. The van der Waals surface area contributed by atoms with Crippen LogP contribution < -0.4 is 0 Å². The van der Waals surface area contributed by atoms with Crippen molar-refractivity contribution in [3.05, 3.63) is 206 Å². The lowest BCUT2D eigenvalue weighted by Gasteiger charge is -2.10. The average Bonchev–Trinajstić information content (AvgIpc) is 4.02. The number of rotatable bonds is 6. The molecule has 0 spiro atoms. The zero-order valence-electron chi connectivity index (χ0n) is 48.0. The van der Waals surface area contributed by atoms with Gasteiger partial charge in [-0.2, -0.15) is 0 Å². The van der Waals surface area contributed by atoms with Gasteiger partial charge in [0.1, 0.15) is 11.2 Å². The molecule has 0 N–H and O–H groups in total. The Balaban J connectivity index is 1.02. The van der Waals surface area contributed by atoms with Crippen LogP contribution in [-0.4, -0.2) is 19.5 Å². The van der Waals surface area contributed by atoms with E-state index < -0.39 is 113 Å². The van der Waals surface area contributed by atoms with Gasteiger partial charge in [0.25, 0.3) is 0 Å². The molecule has 0 atom stereocenters. The largest absolute Gasteiger partial charge is 0.456 e. The van der Waals surface area contributed by atoms with E-state index in [2.05, 4.69) is 0 Å². The summed E-state index contributed by atoms with van der Waals surface area (Å²) >= 11 is 0. The van der Waals surface area contributed by atoms with Crippen LogP contribution in [0.3, 0.4) is 0 Å². The molecule has 9 aromatic carbocycles. The Labute approximate surface area is 369 Å². The number of hydrogen-bond donors (Lipinski definition) is 0. The summed E-state index contributed by atoms with van der Waals surface area (Å²) in [6.07, 6.45) is 0. The van der Waals surface area contributed by atoms with Crippen molar-refractivity contribution in [3.8, 4) is 62.1 Å². The highest BCUT2D eigenvalue weighted by Gasteiger charge is 2.17. The van der Waals surface area contributed by atoms with Gasteiger partial charge in [0.2, 0.25) is 0 Å². The Morgan fingerprint density at radius 2 is 1.02 bits per heavy atom. The molecule has 0 aliphatic heterocycles. The van der Waals surface area contributed by atoms with E-state index in [1.165, 1.54) is 12.1 Å². The van der Waals surface area contributed by atoms with Gasteiger partial charge in [-0.15, -0.1) is 0 Å². The predicted molar refractivity (Wildman–Crippen MR) is 246 cm³/mol. The lowest BCUT2D eigenvalue weighted by molar-refractivity contribution is 0.669. The van der Waals surface area contributed by atoms with Crippen LogP contribution in [-0.2, 0) is 0 Å². The molecule has 5 nitrogen and oxygen atoms in total. The first-order valence-corrected chi connectivity index (χ1v) is 18.8. The highest BCUT2D eigenvalue weighted by Crippen LogP contribution is 2.40. The fourth-order valence-corrected chi connectivity index (χ4v) is 7.51. The van der Waals surface area contributed by atoms with Crippen molar-refractivity contribution in [3.63, 3.8) is 0 Å². The summed E-state index contributed by atoms with van der Waals surface area (Å²) in [4.78, 5) is 14.4. The smallest absolute Gasteiger partial charge is 0.164 e. The molecule has 3 heterocycles. The normalized spacial score (nSPS) is 15.6. The molecule has 0 aliphatic carbocycles. The van der Waals surface area contributed by atoms with Gasteiger partial charge >= 0.3 is 0 Å². The fraction of sp³-hybridized carbons (Fsp3) is 0. The van der Waals surface area contributed by atoms with E-state index in [1.807, 2.05) is 60.7 Å². The highest BCUT2D eigenvalue weighted by atomic mass is 16.3. The van der Waals surface area contributed by atoms with Crippen molar-refractivity contribution in [1.82, 2.24) is 19.5 Å². The molecule has 60 heavy (non-hydrogen) atoms. The molecule has 5 heteroatoms. The van der Waals surface area contributed by atoms with Crippen molar-refractivity contribution in [1.29, 1.82) is 0 Å². The Morgan fingerprint density at radius 1 is 0.417 bits per heavy atom. The number of benzene rings is 9. The first-order valence-electron chi connectivity index (χ1n) is 27.3. The molecule has 0 radical (unpaired) electrons. The van der Waals surface area contributed by atoms with Gasteiger partial charge in [-0.1, -0.05) is 157 Å². The molecule has 0 amide bonds. The van der Waals surface area contributed by atoms with Crippen LogP contribution in [0.1, 0.15) is 23.3 Å². The van der Waals surface area contributed by atoms with Crippen LogP contribution in [0.25, 0.3) is 117 Å². The number of aromatic nitrogens is 4. The van der Waals surface area contributed by atoms with E-state index in [9.17, 15) is 9.60 Å². The minimum Gasteiger partial charge on any atom is -0.456 e. The Kier molecular flexibility index (Phi) is 4.82. The SMILES string of the molecule is [2H]c1c([2H])c(-n2c3c([2H])c([2H])c([2H])c([2H])c3c3c([2H])c4c([2H])c([2H])c([2H])c([2H])c4c([2H])c32)c([2H])c([2H])c1-c1ccc2c(c1)oc1c([2H])c([2H])c([2H])c(-c3ccc(-c4nc(-c5ccccc5)nc(-c5ccccc5)n4)cc3)c12. The van der Waals surface area contributed by atoms with Crippen molar-refractivity contribution in [2.24, 2.45) is 0 Å². The van der Waals surface area contributed by atoms with E-state index in [-0.39, 0.29) is 56.1 Å². The molecule has 0 saturated carbocycles. The highest BCUT2D eigenvalue weighted by molar-refractivity contribution is 6.14. The lowest BCUT2D eigenvalue weighted by Crippen LogP contribution is -2.00. The molecular weight excluding hydrogens is 733 g/mol. The Morgan fingerprint density at radius 3 is 1.72 bits per heavy atom. The zero-order valence-corrected chi connectivity index (χ0v) is 31.0. The molecule has 0 aliphatic rings. The summed E-state index contributed by atoms with van der Waals surface area (Å²) in [5, 5.41) is -0.704. The number of nitrogens with zero attached hydrogens (tertiary/aromatic N) is 4. The maximum Gasteiger partial charge on any atom is 0.164 e. The standard InChI is InChI=1S/C55H34N4O/c1-3-12-37(13-4-1)53-56-54(38-14-5-2-6-15-38)58-55(57-53)39-24-22-36(23-25-39)44-19-11-21-50-52(44)46-31-28-42(34-51(46)60-50)35-26-29-43(30-27-35)59-48-20-10-9-18-45(48)47-32-40-16-7-8-17-41(40)33-49(47)59/h1-34H/i7D,8D,9D,10D,11D,16D,17D,18D,19D,20D,21D,26D,27D,29D,30D,32D,33D. The van der Waals surface area contributed by atoms with Crippen LogP contribution in [0.5, 0.6) is 0 Å². The lowest BCUT2D eigenvalue weighted by atomic mass is 9.97. The van der Waals surface area contributed by atoms with Crippen molar-refractivity contribution < 1.29 is 27.7 Å². The van der Waals surface area contributed by atoms with E-state index >= 15 is 0 Å². The second kappa shape index (κ2) is 13.8. The second-order valence-corrected chi connectivity index (χ2v) is 13.9. The number of hydrogen-bond acceptors (Lipinski definition) is 4. The maximum absolute atomic E-state index is 9.48. The molecule has 0 unspecified atom stereocenters. The predicted octanol–water partition coefficient (Wildman–Crippen LogP) is 14.4. The zero-order chi connectivity index (χ0) is 54.4. The summed E-state index contributed by atoms with van der Waals surface area (Å²) < 4.78 is 160. The van der Waals surface area contributed by atoms with E-state index in [1.54, 1.807) is 30.3 Å². The summed E-state index contributed by atoms with van der Waals surface area (Å²) in [7, 11) is 0. The fourth-order valence-electron chi connectivity index (χ4n) is 7.51. The van der Waals surface area contributed by atoms with Gasteiger partial charge in [0.05, 0.1) is 34.3 Å². The van der Waals surface area contributed by atoms with E-state index in [0.29, 0.717) is 39.4 Å². The molecule has 12 rings (SSSR count). The van der Waals surface area contributed by atoms with Crippen LogP contribution in [0.15, 0.2) is 210 Å². The minimum atomic E-state index is -0.745. The molecular formula is C55H34N4O. The number of para-hydroxylation sites is 1. The maximum atomic E-state index is 9.48. The van der Waals surface area contributed by atoms with Crippen LogP contribution in [0, 0.1) is 0 Å². The third-order valence-electron chi connectivity index (χ3n) is 10.3. The molecule has 0 fully saturated rings. The summed E-state index contributed by atoms with van der Waals surface area (Å²) in [5.74, 6) is 1.33. The second-order valence-electron chi connectivity index (χ2n) is 13.9. The molecule has 3 aromatic heterocycles. The van der Waals surface area contributed by atoms with Gasteiger partial charge in [-0.25, -0.2) is 15.0 Å². The number of fused-ring (bicyclic) bond motifs is 7. The number of furan rings is 1. The Hall–Kier alpha value is -8.15. The van der Waals surface area contributed by atoms with Crippen molar-refractivity contribution in [2.75, 3.05) is 0 Å². The van der Waals surface area contributed by atoms with Crippen LogP contribution in [0.4, 0.5) is 0 Å². The topological polar surface area (TPSA) is 56.7 Å². The van der Waals surface area contributed by atoms with E-state index in [4.69, 9.17) is 33.1 Å². The van der Waals surface area contributed by atoms with Crippen LogP contribution in [0.2, 0.25) is 0 Å². The summed E-state index contributed by atoms with van der Waals surface area (Å²) in [5.41, 5.74) is 1.66. The molecule has 280 valence electrons. The van der Waals surface area contributed by atoms with Crippen molar-refractivity contribution in [2.45, 2.75) is 0 Å². The van der Waals surface area contributed by atoms with Crippen molar-refractivity contribution >= 4 is 54.5 Å². The Bertz CT molecular complexity index is 4500. The molecule has 12 aromatic rings. The average molecular weight is 784 g/mol. The van der Waals surface area contributed by atoms with Crippen LogP contribution >= 0.6 is 0 Å². The van der Waals surface area contributed by atoms with Gasteiger partial charge in [0.15, 0.2) is 17.5 Å². The third kappa shape index (κ3) is 5.67. The monoisotopic (exact) mass is 783 g/mol. The quantitative estimate of drug-likeness (QED) is 0.169. The molecule has 0 saturated heterocycles. The van der Waals surface area contributed by atoms with Gasteiger partial charge in [0, 0.05) is 43.9 Å². The third-order valence-corrected chi connectivity index (χ3v) is 10.3.